The maximum atomic E-state index is 11.4. The molecular formula is C11H14Br2O2. The Kier molecular flexibility index (Phi) is 5.61. The molecule has 0 saturated carbocycles. The van der Waals surface area contributed by atoms with E-state index in [4.69, 9.17) is 4.74 Å². The SMILES string of the molecule is CCCCCC(Br)C1=CC(=CBr)OC1=O. The number of unbranched alkanes of at least 4 members (excludes halogenated alkanes) is 2. The normalized spacial score (nSPS) is 20.3. The molecule has 1 unspecified atom stereocenters. The fraction of sp³-hybridized carbons (Fsp3) is 0.545. The van der Waals surface area contributed by atoms with Crippen molar-refractivity contribution in [2.75, 3.05) is 0 Å². The van der Waals surface area contributed by atoms with Crippen LogP contribution in [0.5, 0.6) is 0 Å². The van der Waals surface area contributed by atoms with E-state index in [1.807, 2.05) is 0 Å². The van der Waals surface area contributed by atoms with E-state index in [0.29, 0.717) is 5.76 Å². The summed E-state index contributed by atoms with van der Waals surface area (Å²) in [7, 11) is 0. The van der Waals surface area contributed by atoms with E-state index in [-0.39, 0.29) is 10.8 Å². The lowest BCUT2D eigenvalue weighted by molar-refractivity contribution is -0.133. The Labute approximate surface area is 107 Å². The first kappa shape index (κ1) is 13.0. The summed E-state index contributed by atoms with van der Waals surface area (Å²) in [6.07, 6.45) is 6.28. The van der Waals surface area contributed by atoms with E-state index in [9.17, 15) is 4.79 Å². The van der Waals surface area contributed by atoms with E-state index in [1.54, 1.807) is 11.1 Å². The molecule has 15 heavy (non-hydrogen) atoms. The van der Waals surface area contributed by atoms with Gasteiger partial charge in [-0.1, -0.05) is 58.0 Å². The minimum Gasteiger partial charge on any atom is -0.423 e. The second kappa shape index (κ2) is 6.48. The van der Waals surface area contributed by atoms with Crippen molar-refractivity contribution in [2.24, 2.45) is 0 Å². The molecular weight excluding hydrogens is 324 g/mol. The van der Waals surface area contributed by atoms with Gasteiger partial charge in [0.05, 0.1) is 5.57 Å². The third kappa shape index (κ3) is 3.76. The summed E-state index contributed by atoms with van der Waals surface area (Å²) in [4.78, 5) is 13.2. The monoisotopic (exact) mass is 336 g/mol. The smallest absolute Gasteiger partial charge is 0.340 e. The van der Waals surface area contributed by atoms with Gasteiger partial charge in [-0.3, -0.25) is 0 Å². The van der Waals surface area contributed by atoms with Gasteiger partial charge in [-0.25, -0.2) is 4.79 Å². The molecule has 0 saturated heterocycles. The second-order valence-electron chi connectivity index (χ2n) is 3.46. The van der Waals surface area contributed by atoms with Crippen molar-refractivity contribution in [1.82, 2.24) is 0 Å². The van der Waals surface area contributed by atoms with Crippen LogP contribution in [-0.2, 0) is 9.53 Å². The van der Waals surface area contributed by atoms with Crippen LogP contribution in [0.1, 0.15) is 32.6 Å². The molecule has 0 bridgehead atoms. The van der Waals surface area contributed by atoms with Gasteiger partial charge in [-0.2, -0.15) is 0 Å². The number of allylic oxidation sites excluding steroid dienone is 1. The van der Waals surface area contributed by atoms with Crippen LogP contribution >= 0.6 is 31.9 Å². The van der Waals surface area contributed by atoms with Gasteiger partial charge >= 0.3 is 5.97 Å². The molecule has 0 radical (unpaired) electrons. The Morgan fingerprint density at radius 2 is 2.27 bits per heavy atom. The first-order chi connectivity index (χ1) is 7.19. The van der Waals surface area contributed by atoms with Gasteiger partial charge in [0.25, 0.3) is 0 Å². The van der Waals surface area contributed by atoms with Crippen LogP contribution < -0.4 is 0 Å². The van der Waals surface area contributed by atoms with Gasteiger partial charge in [0, 0.05) is 9.81 Å². The van der Waals surface area contributed by atoms with Crippen molar-refractivity contribution in [3.05, 3.63) is 22.4 Å². The molecule has 0 aromatic rings. The van der Waals surface area contributed by atoms with Crippen LogP contribution in [0.15, 0.2) is 22.4 Å². The Morgan fingerprint density at radius 3 is 2.80 bits per heavy atom. The Balaban J connectivity index is 2.52. The number of carbonyl (C=O) groups is 1. The summed E-state index contributed by atoms with van der Waals surface area (Å²) in [5, 5.41) is 0. The molecule has 0 amide bonds. The second-order valence-corrected chi connectivity index (χ2v) is 5.03. The summed E-state index contributed by atoms with van der Waals surface area (Å²) >= 11 is 6.67. The Morgan fingerprint density at radius 1 is 1.53 bits per heavy atom. The van der Waals surface area contributed by atoms with Crippen molar-refractivity contribution in [1.29, 1.82) is 0 Å². The van der Waals surface area contributed by atoms with E-state index < -0.39 is 0 Å². The summed E-state index contributed by atoms with van der Waals surface area (Å²) < 4.78 is 5.00. The third-order valence-electron chi connectivity index (χ3n) is 2.25. The molecule has 1 atom stereocenters. The first-order valence-electron chi connectivity index (χ1n) is 5.07. The van der Waals surface area contributed by atoms with Crippen LogP contribution in [0, 0.1) is 0 Å². The Bertz CT molecular complexity index is 295. The number of hydrogen-bond donors (Lipinski definition) is 0. The van der Waals surface area contributed by atoms with Crippen LogP contribution in [0.4, 0.5) is 0 Å². The fourth-order valence-corrected chi connectivity index (χ4v) is 2.28. The number of esters is 1. The van der Waals surface area contributed by atoms with E-state index >= 15 is 0 Å². The van der Waals surface area contributed by atoms with Crippen molar-refractivity contribution >= 4 is 37.8 Å². The van der Waals surface area contributed by atoms with Gasteiger partial charge in [-0.05, 0) is 12.5 Å². The van der Waals surface area contributed by atoms with Gasteiger partial charge in [0.2, 0.25) is 0 Å². The summed E-state index contributed by atoms with van der Waals surface area (Å²) in [6, 6.07) is 0. The number of hydrogen-bond acceptors (Lipinski definition) is 2. The molecule has 0 aliphatic carbocycles. The number of rotatable bonds is 5. The largest absolute Gasteiger partial charge is 0.423 e. The fourth-order valence-electron chi connectivity index (χ4n) is 1.41. The molecule has 0 spiro atoms. The van der Waals surface area contributed by atoms with Crippen molar-refractivity contribution < 1.29 is 9.53 Å². The highest BCUT2D eigenvalue weighted by molar-refractivity contribution is 9.11. The van der Waals surface area contributed by atoms with Gasteiger partial charge in [-0.15, -0.1) is 0 Å². The molecule has 84 valence electrons. The maximum Gasteiger partial charge on any atom is 0.340 e. The van der Waals surface area contributed by atoms with Crippen LogP contribution in [0.25, 0.3) is 0 Å². The lowest BCUT2D eigenvalue weighted by Gasteiger charge is -2.07. The lowest BCUT2D eigenvalue weighted by Crippen LogP contribution is -2.09. The topological polar surface area (TPSA) is 26.3 Å². The lowest BCUT2D eigenvalue weighted by atomic mass is 10.1. The zero-order chi connectivity index (χ0) is 11.3. The van der Waals surface area contributed by atoms with E-state index in [1.165, 1.54) is 12.8 Å². The van der Waals surface area contributed by atoms with Crippen LogP contribution in [0.2, 0.25) is 0 Å². The molecule has 1 heterocycles. The molecule has 0 fully saturated rings. The summed E-state index contributed by atoms with van der Waals surface area (Å²) in [6.45, 7) is 2.16. The average molecular weight is 338 g/mol. The quantitative estimate of drug-likeness (QED) is 0.430. The minimum absolute atomic E-state index is 0.112. The minimum atomic E-state index is -0.237. The predicted molar refractivity (Wildman–Crippen MR) is 68.0 cm³/mol. The summed E-state index contributed by atoms with van der Waals surface area (Å²) in [5.74, 6) is 0.342. The van der Waals surface area contributed by atoms with Gasteiger partial charge < -0.3 is 4.74 Å². The highest BCUT2D eigenvalue weighted by Crippen LogP contribution is 2.27. The first-order valence-corrected chi connectivity index (χ1v) is 6.90. The molecule has 0 aromatic carbocycles. The Hall–Kier alpha value is -0.0900. The van der Waals surface area contributed by atoms with Crippen molar-refractivity contribution in [3.63, 3.8) is 0 Å². The molecule has 2 nitrogen and oxygen atoms in total. The van der Waals surface area contributed by atoms with Crippen molar-refractivity contribution in [3.8, 4) is 0 Å². The molecule has 4 heteroatoms. The highest BCUT2D eigenvalue weighted by atomic mass is 79.9. The number of ether oxygens (including phenoxy) is 1. The highest BCUT2D eigenvalue weighted by Gasteiger charge is 2.26. The number of carbonyl (C=O) groups excluding carboxylic acids is 1. The molecule has 0 aromatic heterocycles. The molecule has 1 aliphatic heterocycles. The maximum absolute atomic E-state index is 11.4. The number of cyclic esters (lactones) is 1. The van der Waals surface area contributed by atoms with Gasteiger partial charge in [0.1, 0.15) is 5.76 Å². The van der Waals surface area contributed by atoms with Gasteiger partial charge in [0.15, 0.2) is 0 Å². The predicted octanol–water partition coefficient (Wildman–Crippen LogP) is 4.05. The van der Waals surface area contributed by atoms with E-state index in [2.05, 4.69) is 38.8 Å². The van der Waals surface area contributed by atoms with Crippen LogP contribution in [-0.4, -0.2) is 10.8 Å². The summed E-state index contributed by atoms with van der Waals surface area (Å²) in [5.41, 5.74) is 0.719. The molecule has 1 aliphatic rings. The van der Waals surface area contributed by atoms with Crippen LogP contribution in [0.3, 0.4) is 0 Å². The third-order valence-corrected chi connectivity index (χ3v) is 3.65. The zero-order valence-electron chi connectivity index (χ0n) is 8.63. The zero-order valence-corrected chi connectivity index (χ0v) is 11.8. The number of alkyl halides is 1. The standard InChI is InChI=1S/C11H14Br2O2/c1-2-3-4-5-10(13)9-6-8(7-12)15-11(9)14/h6-7,10H,2-5H2,1H3. The van der Waals surface area contributed by atoms with Crippen molar-refractivity contribution in [2.45, 2.75) is 37.4 Å². The van der Waals surface area contributed by atoms with E-state index in [0.717, 1.165) is 18.4 Å². The average Bonchev–Trinajstić information content (AvgIpc) is 2.60. The molecule has 1 rings (SSSR count). The molecule has 0 N–H and O–H groups in total. The number of halogens is 2.